The number of benzene rings is 1. The lowest BCUT2D eigenvalue weighted by Gasteiger charge is -2.09. The van der Waals surface area contributed by atoms with Crippen molar-refractivity contribution < 1.29 is 9.53 Å². The summed E-state index contributed by atoms with van der Waals surface area (Å²) in [4.78, 5) is 16.5. The Labute approximate surface area is 140 Å². The van der Waals surface area contributed by atoms with E-state index in [9.17, 15) is 4.79 Å². The van der Waals surface area contributed by atoms with E-state index in [4.69, 9.17) is 4.74 Å². The highest BCUT2D eigenvalue weighted by Gasteiger charge is 2.13. The molecule has 0 saturated carbocycles. The zero-order valence-corrected chi connectivity index (χ0v) is 13.6. The van der Waals surface area contributed by atoms with Crippen molar-refractivity contribution in [1.82, 2.24) is 14.8 Å². The van der Waals surface area contributed by atoms with Gasteiger partial charge in [0.1, 0.15) is 12.4 Å². The molecular weight excluding hydrogens is 304 g/mol. The van der Waals surface area contributed by atoms with Gasteiger partial charge in [-0.15, -0.1) is 0 Å². The van der Waals surface area contributed by atoms with Crippen LogP contribution in [0.4, 0.5) is 5.69 Å². The number of nitrogens with one attached hydrogen (secondary N) is 1. The number of anilines is 1. The fraction of sp³-hybridized carbons (Fsp3) is 0.167. The normalized spacial score (nSPS) is 10.4. The molecule has 0 aliphatic carbocycles. The maximum atomic E-state index is 12.3. The van der Waals surface area contributed by atoms with E-state index in [1.807, 2.05) is 43.3 Å². The van der Waals surface area contributed by atoms with Gasteiger partial charge in [0.05, 0.1) is 17.5 Å². The number of carbonyl (C=O) groups excluding carboxylic acids is 1. The number of hydrogen-bond acceptors (Lipinski definition) is 4. The second-order valence-electron chi connectivity index (χ2n) is 5.36. The van der Waals surface area contributed by atoms with Gasteiger partial charge in [0, 0.05) is 30.7 Å². The first-order valence-electron chi connectivity index (χ1n) is 7.56. The van der Waals surface area contributed by atoms with E-state index in [0.29, 0.717) is 23.6 Å². The predicted molar refractivity (Wildman–Crippen MR) is 90.9 cm³/mol. The van der Waals surface area contributed by atoms with Gasteiger partial charge in [0.2, 0.25) is 0 Å². The Hall–Kier alpha value is -3.15. The Bertz CT molecular complexity index is 843. The van der Waals surface area contributed by atoms with E-state index in [1.165, 1.54) is 0 Å². The third-order valence-electron chi connectivity index (χ3n) is 3.68. The molecule has 1 aromatic carbocycles. The fourth-order valence-corrected chi connectivity index (χ4v) is 2.22. The summed E-state index contributed by atoms with van der Waals surface area (Å²) in [7, 11) is 1.80. The average Bonchev–Trinajstić information content (AvgIpc) is 2.94. The minimum Gasteiger partial charge on any atom is -0.487 e. The number of aromatic nitrogens is 3. The fourth-order valence-electron chi connectivity index (χ4n) is 2.22. The van der Waals surface area contributed by atoms with E-state index in [0.717, 1.165) is 11.4 Å². The molecule has 0 radical (unpaired) electrons. The zero-order chi connectivity index (χ0) is 16.9. The van der Waals surface area contributed by atoms with Crippen LogP contribution in [-0.2, 0) is 13.7 Å². The van der Waals surface area contributed by atoms with Crippen molar-refractivity contribution in [3.8, 4) is 5.75 Å². The number of pyridine rings is 1. The maximum Gasteiger partial charge on any atom is 0.259 e. The Morgan fingerprint density at radius 1 is 1.25 bits per heavy atom. The van der Waals surface area contributed by atoms with Gasteiger partial charge in [-0.1, -0.05) is 12.1 Å². The molecule has 2 aromatic heterocycles. The van der Waals surface area contributed by atoms with Crippen LogP contribution in [0, 0.1) is 6.92 Å². The predicted octanol–water partition coefficient (Wildman–Crippen LogP) is 2.95. The second kappa shape index (κ2) is 6.95. The van der Waals surface area contributed by atoms with E-state index in [1.54, 1.807) is 30.2 Å². The van der Waals surface area contributed by atoms with Crippen molar-refractivity contribution >= 4 is 11.6 Å². The Balaban J connectivity index is 1.67. The first-order chi connectivity index (χ1) is 11.6. The van der Waals surface area contributed by atoms with Crippen LogP contribution >= 0.6 is 0 Å². The van der Waals surface area contributed by atoms with Crippen LogP contribution in [-0.4, -0.2) is 20.7 Å². The Morgan fingerprint density at radius 2 is 2.12 bits per heavy atom. The summed E-state index contributed by atoms with van der Waals surface area (Å²) in [6.07, 6.45) is 3.29. The van der Waals surface area contributed by atoms with Crippen LogP contribution in [0.15, 0.2) is 54.9 Å². The minimum atomic E-state index is -0.192. The highest BCUT2D eigenvalue weighted by molar-refractivity contribution is 6.04. The number of rotatable bonds is 5. The number of ether oxygens (including phenoxy) is 1. The van der Waals surface area contributed by atoms with Gasteiger partial charge in [-0.25, -0.2) is 0 Å². The summed E-state index contributed by atoms with van der Waals surface area (Å²) in [6.45, 7) is 2.23. The van der Waals surface area contributed by atoms with Gasteiger partial charge >= 0.3 is 0 Å². The second-order valence-corrected chi connectivity index (χ2v) is 5.36. The van der Waals surface area contributed by atoms with Gasteiger partial charge in [-0.05, 0) is 31.2 Å². The van der Waals surface area contributed by atoms with E-state index in [2.05, 4.69) is 15.4 Å². The first-order valence-corrected chi connectivity index (χ1v) is 7.56. The lowest BCUT2D eigenvalue weighted by molar-refractivity contribution is 0.102. The molecule has 0 fully saturated rings. The topological polar surface area (TPSA) is 69.0 Å². The molecule has 1 N–H and O–H groups in total. The van der Waals surface area contributed by atoms with Crippen LogP contribution in [0.2, 0.25) is 0 Å². The summed E-state index contributed by atoms with van der Waals surface area (Å²) in [5.74, 6) is 0.476. The molecule has 1 amide bonds. The molecule has 2 heterocycles. The standard InChI is InChI=1S/C18H18N4O2/c1-13-17(11-20-22(13)2)18(23)21-14-7-5-8-16(10-14)24-12-15-6-3-4-9-19-15/h3-11H,12H2,1-2H3,(H,21,23). The van der Waals surface area contributed by atoms with Crippen molar-refractivity contribution in [1.29, 1.82) is 0 Å². The number of aryl methyl sites for hydroxylation is 1. The molecule has 3 rings (SSSR count). The molecule has 6 heteroatoms. The molecule has 3 aromatic rings. The van der Waals surface area contributed by atoms with Crippen LogP contribution in [0.25, 0.3) is 0 Å². The lowest BCUT2D eigenvalue weighted by Crippen LogP contribution is -2.13. The highest BCUT2D eigenvalue weighted by atomic mass is 16.5. The van der Waals surface area contributed by atoms with Crippen LogP contribution in [0.5, 0.6) is 5.75 Å². The first kappa shape index (κ1) is 15.7. The average molecular weight is 322 g/mol. The monoisotopic (exact) mass is 322 g/mol. The zero-order valence-electron chi connectivity index (χ0n) is 13.6. The number of hydrogen-bond donors (Lipinski definition) is 1. The molecule has 0 aliphatic rings. The Kier molecular flexibility index (Phi) is 4.56. The highest BCUT2D eigenvalue weighted by Crippen LogP contribution is 2.19. The molecule has 0 bridgehead atoms. The van der Waals surface area contributed by atoms with Gasteiger partial charge in [-0.3, -0.25) is 14.5 Å². The van der Waals surface area contributed by atoms with Crippen molar-refractivity contribution in [2.45, 2.75) is 13.5 Å². The number of carbonyl (C=O) groups is 1. The van der Waals surface area contributed by atoms with Crippen molar-refractivity contribution in [2.24, 2.45) is 7.05 Å². The molecule has 0 spiro atoms. The molecule has 0 atom stereocenters. The molecule has 0 saturated heterocycles. The quantitative estimate of drug-likeness (QED) is 0.784. The van der Waals surface area contributed by atoms with Gasteiger partial charge < -0.3 is 10.1 Å². The Morgan fingerprint density at radius 3 is 2.83 bits per heavy atom. The van der Waals surface area contributed by atoms with Crippen molar-refractivity contribution in [3.05, 3.63) is 71.8 Å². The van der Waals surface area contributed by atoms with Gasteiger partial charge in [-0.2, -0.15) is 5.10 Å². The smallest absolute Gasteiger partial charge is 0.259 e. The van der Waals surface area contributed by atoms with Crippen LogP contribution in [0.3, 0.4) is 0 Å². The third kappa shape index (κ3) is 3.60. The molecule has 6 nitrogen and oxygen atoms in total. The summed E-state index contributed by atoms with van der Waals surface area (Å²) in [6, 6.07) is 13.0. The van der Waals surface area contributed by atoms with Crippen LogP contribution < -0.4 is 10.1 Å². The molecule has 0 aliphatic heterocycles. The van der Waals surface area contributed by atoms with Gasteiger partial charge in [0.25, 0.3) is 5.91 Å². The van der Waals surface area contributed by atoms with Crippen molar-refractivity contribution in [2.75, 3.05) is 5.32 Å². The number of nitrogens with zero attached hydrogens (tertiary/aromatic N) is 3. The number of amides is 1. The molecular formula is C18H18N4O2. The van der Waals surface area contributed by atoms with Crippen LogP contribution in [0.1, 0.15) is 21.7 Å². The van der Waals surface area contributed by atoms with Gasteiger partial charge in [0.15, 0.2) is 0 Å². The van der Waals surface area contributed by atoms with E-state index >= 15 is 0 Å². The SMILES string of the molecule is Cc1c(C(=O)Nc2cccc(OCc3ccccn3)c2)cnn1C. The van der Waals surface area contributed by atoms with E-state index in [-0.39, 0.29) is 5.91 Å². The summed E-state index contributed by atoms with van der Waals surface area (Å²) in [5, 5.41) is 6.95. The summed E-state index contributed by atoms with van der Waals surface area (Å²) in [5.41, 5.74) is 2.88. The van der Waals surface area contributed by atoms with Crippen molar-refractivity contribution in [3.63, 3.8) is 0 Å². The molecule has 122 valence electrons. The molecule has 0 unspecified atom stereocenters. The summed E-state index contributed by atoms with van der Waals surface area (Å²) < 4.78 is 7.39. The third-order valence-corrected chi connectivity index (χ3v) is 3.68. The van der Waals surface area contributed by atoms with E-state index < -0.39 is 0 Å². The minimum absolute atomic E-state index is 0.192. The largest absolute Gasteiger partial charge is 0.487 e. The lowest BCUT2D eigenvalue weighted by atomic mass is 10.2. The summed E-state index contributed by atoms with van der Waals surface area (Å²) >= 11 is 0. The molecule has 24 heavy (non-hydrogen) atoms. The maximum absolute atomic E-state index is 12.3.